The normalized spacial score (nSPS) is 23.7. The Labute approximate surface area is 155 Å². The van der Waals surface area contributed by atoms with Crippen LogP contribution in [0.5, 0.6) is 5.75 Å². The highest BCUT2D eigenvalue weighted by Crippen LogP contribution is 2.28. The molecule has 0 spiro atoms. The second-order valence-corrected chi connectivity index (χ2v) is 8.94. The summed E-state index contributed by atoms with van der Waals surface area (Å²) in [5.74, 6) is 0.216. The summed E-state index contributed by atoms with van der Waals surface area (Å²) in [6.45, 7) is 5.78. The molecular weight excluding hydrogens is 358 g/mol. The number of sulfonamides is 1. The van der Waals surface area contributed by atoms with Crippen molar-refractivity contribution in [3.05, 3.63) is 18.2 Å². The van der Waals surface area contributed by atoms with Crippen molar-refractivity contribution < 1.29 is 27.6 Å². The van der Waals surface area contributed by atoms with Gasteiger partial charge >= 0.3 is 0 Å². The summed E-state index contributed by atoms with van der Waals surface area (Å²) in [4.78, 5) is 13.7. The first kappa shape index (κ1) is 20.6. The topological polar surface area (TPSA) is 89.4 Å². The van der Waals surface area contributed by atoms with Crippen molar-refractivity contribution >= 4 is 21.6 Å². The summed E-state index contributed by atoms with van der Waals surface area (Å²) in [7, 11) is 0.797. The van der Waals surface area contributed by atoms with Gasteiger partial charge in [-0.2, -0.15) is 0 Å². The average Bonchev–Trinajstić information content (AvgIpc) is 2.53. The van der Waals surface area contributed by atoms with Crippen molar-refractivity contribution in [2.24, 2.45) is 0 Å². The minimum absolute atomic E-state index is 0.0968. The smallest absolute Gasteiger partial charge is 0.279 e. The number of morpholine rings is 1. The number of nitrogens with one attached hydrogen (secondary N) is 2. The quantitative estimate of drug-likeness (QED) is 0.693. The minimum Gasteiger partial charge on any atom is -0.495 e. The lowest BCUT2D eigenvalue weighted by atomic mass is 10.2. The second kappa shape index (κ2) is 8.34. The Morgan fingerprint density at radius 1 is 1.31 bits per heavy atom. The Morgan fingerprint density at radius 2 is 1.92 bits per heavy atom. The molecule has 0 unspecified atom stereocenters. The summed E-state index contributed by atoms with van der Waals surface area (Å²) in [6.07, 6.45) is 0.203. The van der Waals surface area contributed by atoms with Crippen LogP contribution >= 0.6 is 0 Å². The minimum atomic E-state index is -3.60. The number of carbonyl (C=O) groups is 1. The van der Waals surface area contributed by atoms with Gasteiger partial charge in [0.2, 0.25) is 10.0 Å². The van der Waals surface area contributed by atoms with E-state index < -0.39 is 10.0 Å². The molecule has 0 bridgehead atoms. The van der Waals surface area contributed by atoms with Crippen LogP contribution in [0.1, 0.15) is 13.8 Å². The number of hydrogen-bond acceptors (Lipinski definition) is 5. The zero-order valence-corrected chi connectivity index (χ0v) is 16.7. The van der Waals surface area contributed by atoms with Gasteiger partial charge in [-0.3, -0.25) is 4.79 Å². The molecule has 26 heavy (non-hydrogen) atoms. The number of rotatable bonds is 6. The van der Waals surface area contributed by atoms with Crippen LogP contribution in [0.4, 0.5) is 5.69 Å². The molecule has 2 N–H and O–H groups in total. The number of methoxy groups -OCH3 is 1. The van der Waals surface area contributed by atoms with Gasteiger partial charge in [-0.1, -0.05) is 0 Å². The Balaban J connectivity index is 2.15. The van der Waals surface area contributed by atoms with Gasteiger partial charge in [0.25, 0.3) is 5.91 Å². The van der Waals surface area contributed by atoms with E-state index in [1.54, 1.807) is 0 Å². The predicted octanol–water partition coefficient (Wildman–Crippen LogP) is -0.424. The SMILES string of the molecule is COc1ccc(S(=O)(=O)N(C)C)cc1NC(=O)C[NH+]1C[C@H](C)O[C@@H](C)C1. The molecule has 1 aliphatic rings. The standard InChI is InChI=1S/C17H27N3O5S/c1-12-9-20(10-13(2)25-12)11-17(21)18-15-8-14(6-7-16(15)24-5)26(22,23)19(3)4/h6-8,12-13H,9-11H2,1-5H3,(H,18,21)/p+1/t12-,13-/m0/s1. The van der Waals surface area contributed by atoms with Crippen LogP contribution in [0, 0.1) is 0 Å². The lowest BCUT2D eigenvalue weighted by Crippen LogP contribution is -3.16. The maximum atomic E-state index is 12.5. The van der Waals surface area contributed by atoms with E-state index >= 15 is 0 Å². The first-order chi connectivity index (χ1) is 12.1. The van der Waals surface area contributed by atoms with E-state index in [9.17, 15) is 13.2 Å². The van der Waals surface area contributed by atoms with E-state index in [1.807, 2.05) is 13.8 Å². The van der Waals surface area contributed by atoms with Crippen LogP contribution in [0.25, 0.3) is 0 Å². The molecule has 8 nitrogen and oxygen atoms in total. The number of nitrogens with zero attached hydrogens (tertiary/aromatic N) is 1. The number of amides is 1. The van der Waals surface area contributed by atoms with Crippen LogP contribution in [0.2, 0.25) is 0 Å². The van der Waals surface area contributed by atoms with Crippen molar-refractivity contribution in [2.45, 2.75) is 31.0 Å². The fraction of sp³-hybridized carbons (Fsp3) is 0.588. The predicted molar refractivity (Wildman–Crippen MR) is 98.1 cm³/mol. The molecular formula is C17H28N3O5S+. The number of carbonyl (C=O) groups excluding carboxylic acids is 1. The van der Waals surface area contributed by atoms with Gasteiger partial charge in [0.15, 0.2) is 6.54 Å². The third-order valence-corrected chi connectivity index (χ3v) is 6.06. The number of benzene rings is 1. The first-order valence-electron chi connectivity index (χ1n) is 8.53. The fourth-order valence-corrected chi connectivity index (χ4v) is 4.04. The second-order valence-electron chi connectivity index (χ2n) is 6.79. The molecule has 0 radical (unpaired) electrons. The summed E-state index contributed by atoms with van der Waals surface area (Å²) in [6, 6.07) is 4.42. The molecule has 1 aliphatic heterocycles. The van der Waals surface area contributed by atoms with E-state index in [-0.39, 0.29) is 29.6 Å². The molecule has 0 aromatic heterocycles. The van der Waals surface area contributed by atoms with Crippen LogP contribution < -0.4 is 15.0 Å². The van der Waals surface area contributed by atoms with E-state index in [4.69, 9.17) is 9.47 Å². The van der Waals surface area contributed by atoms with Gasteiger partial charge in [-0.25, -0.2) is 12.7 Å². The monoisotopic (exact) mass is 386 g/mol. The molecule has 1 aromatic rings. The van der Waals surface area contributed by atoms with Crippen LogP contribution in [-0.2, 0) is 19.6 Å². The molecule has 0 saturated carbocycles. The zero-order valence-electron chi connectivity index (χ0n) is 15.9. The van der Waals surface area contributed by atoms with Gasteiger partial charge in [-0.15, -0.1) is 0 Å². The molecule has 1 aromatic carbocycles. The Bertz CT molecular complexity index is 741. The molecule has 1 saturated heterocycles. The summed E-state index contributed by atoms with van der Waals surface area (Å²) in [5.41, 5.74) is 0.342. The van der Waals surface area contributed by atoms with E-state index in [1.165, 1.54) is 39.4 Å². The zero-order chi connectivity index (χ0) is 19.5. The van der Waals surface area contributed by atoms with E-state index in [0.717, 1.165) is 22.3 Å². The third kappa shape index (κ3) is 4.94. The van der Waals surface area contributed by atoms with Crippen molar-refractivity contribution in [3.63, 3.8) is 0 Å². The van der Waals surface area contributed by atoms with Gasteiger partial charge in [0, 0.05) is 14.1 Å². The van der Waals surface area contributed by atoms with E-state index in [0.29, 0.717) is 11.4 Å². The van der Waals surface area contributed by atoms with Crippen LogP contribution in [0.15, 0.2) is 23.1 Å². The van der Waals surface area contributed by atoms with Crippen molar-refractivity contribution in [1.82, 2.24) is 4.31 Å². The average molecular weight is 386 g/mol. The number of anilines is 1. The summed E-state index contributed by atoms with van der Waals surface area (Å²) < 4.78 is 36.7. The third-order valence-electron chi connectivity index (χ3n) is 4.25. The fourth-order valence-electron chi connectivity index (χ4n) is 3.11. The Hall–Kier alpha value is -1.68. The van der Waals surface area contributed by atoms with Gasteiger partial charge < -0.3 is 19.7 Å². The largest absolute Gasteiger partial charge is 0.495 e. The summed E-state index contributed by atoms with van der Waals surface area (Å²) in [5, 5.41) is 2.78. The molecule has 2 atom stereocenters. The highest BCUT2D eigenvalue weighted by molar-refractivity contribution is 7.89. The Kier molecular flexibility index (Phi) is 6.62. The maximum absolute atomic E-state index is 12.5. The lowest BCUT2D eigenvalue weighted by molar-refractivity contribution is -0.907. The van der Waals surface area contributed by atoms with Gasteiger partial charge in [0.1, 0.15) is 31.0 Å². The molecule has 1 heterocycles. The lowest BCUT2D eigenvalue weighted by Gasteiger charge is -2.31. The van der Waals surface area contributed by atoms with E-state index in [2.05, 4.69) is 5.32 Å². The number of ether oxygens (including phenoxy) is 2. The molecule has 1 amide bonds. The number of hydrogen-bond donors (Lipinski definition) is 2. The van der Waals surface area contributed by atoms with Crippen LogP contribution in [-0.4, -0.2) is 71.7 Å². The molecule has 2 rings (SSSR count). The molecule has 9 heteroatoms. The van der Waals surface area contributed by atoms with Crippen molar-refractivity contribution in [1.29, 1.82) is 0 Å². The van der Waals surface area contributed by atoms with Gasteiger partial charge in [-0.05, 0) is 32.0 Å². The molecule has 1 fully saturated rings. The van der Waals surface area contributed by atoms with Gasteiger partial charge in [0.05, 0.1) is 17.7 Å². The Morgan fingerprint density at radius 3 is 2.46 bits per heavy atom. The first-order valence-corrected chi connectivity index (χ1v) is 9.97. The maximum Gasteiger partial charge on any atom is 0.279 e. The van der Waals surface area contributed by atoms with Crippen LogP contribution in [0.3, 0.4) is 0 Å². The highest BCUT2D eigenvalue weighted by Gasteiger charge is 2.27. The highest BCUT2D eigenvalue weighted by atomic mass is 32.2. The molecule has 146 valence electrons. The van der Waals surface area contributed by atoms with Crippen molar-refractivity contribution in [3.8, 4) is 5.75 Å². The van der Waals surface area contributed by atoms with Crippen molar-refractivity contribution in [2.75, 3.05) is 46.2 Å². The molecule has 0 aliphatic carbocycles. The number of quaternary nitrogens is 1. The summed E-state index contributed by atoms with van der Waals surface area (Å²) >= 11 is 0.